The lowest BCUT2D eigenvalue weighted by Gasteiger charge is -2.38. The van der Waals surface area contributed by atoms with E-state index < -0.39 is 0 Å². The molecule has 166 valence electrons. The van der Waals surface area contributed by atoms with Crippen LogP contribution in [0.5, 0.6) is 5.75 Å². The van der Waals surface area contributed by atoms with E-state index in [-0.39, 0.29) is 30.5 Å². The fraction of sp³-hybridized carbons (Fsp3) is 0.542. The van der Waals surface area contributed by atoms with Gasteiger partial charge >= 0.3 is 0 Å². The Morgan fingerprint density at radius 2 is 1.84 bits per heavy atom. The standard InChI is InChI=1S/C24H32N4O3/c1-17-6-5-7-18(2)28(17)23(29)16-31-21-11-9-19(10-12-21)24(30)25-14-20-15-27-13-4-3-8-22(27)26-20/h9-12,15,17-18H,3-8,13-14,16H2,1-2H3,(H,25,30). The van der Waals surface area contributed by atoms with Crippen molar-refractivity contribution in [3.05, 3.63) is 47.5 Å². The molecule has 7 nitrogen and oxygen atoms in total. The molecule has 4 rings (SSSR count). The molecule has 0 radical (unpaired) electrons. The summed E-state index contributed by atoms with van der Waals surface area (Å²) < 4.78 is 7.88. The van der Waals surface area contributed by atoms with Gasteiger partial charge in [-0.2, -0.15) is 0 Å². The fourth-order valence-corrected chi connectivity index (χ4v) is 4.66. The number of aromatic nitrogens is 2. The summed E-state index contributed by atoms with van der Waals surface area (Å²) in [6, 6.07) is 7.43. The van der Waals surface area contributed by atoms with Crippen LogP contribution in [0.25, 0.3) is 0 Å². The van der Waals surface area contributed by atoms with Crippen molar-refractivity contribution in [1.82, 2.24) is 19.8 Å². The number of ether oxygens (including phenoxy) is 1. The average molecular weight is 425 g/mol. The van der Waals surface area contributed by atoms with Gasteiger partial charge in [0.05, 0.1) is 12.2 Å². The van der Waals surface area contributed by atoms with Crippen molar-refractivity contribution in [2.75, 3.05) is 6.61 Å². The van der Waals surface area contributed by atoms with Gasteiger partial charge in [0, 0.05) is 36.8 Å². The lowest BCUT2D eigenvalue weighted by atomic mass is 9.97. The quantitative estimate of drug-likeness (QED) is 0.772. The molecule has 2 unspecified atom stereocenters. The largest absolute Gasteiger partial charge is 0.484 e. The summed E-state index contributed by atoms with van der Waals surface area (Å²) in [7, 11) is 0. The number of fused-ring (bicyclic) bond motifs is 1. The van der Waals surface area contributed by atoms with Gasteiger partial charge in [-0.05, 0) is 70.2 Å². The molecule has 1 saturated heterocycles. The minimum Gasteiger partial charge on any atom is -0.484 e. The Morgan fingerprint density at radius 3 is 2.55 bits per heavy atom. The first-order valence-corrected chi connectivity index (χ1v) is 11.4. The van der Waals surface area contributed by atoms with Gasteiger partial charge in [-0.1, -0.05) is 0 Å². The summed E-state index contributed by atoms with van der Waals surface area (Å²) in [6.45, 7) is 5.64. The van der Waals surface area contributed by atoms with Crippen LogP contribution in [0, 0.1) is 0 Å². The molecule has 1 fully saturated rings. The summed E-state index contributed by atoms with van der Waals surface area (Å²) in [5.41, 5.74) is 1.45. The lowest BCUT2D eigenvalue weighted by Crippen LogP contribution is -2.49. The van der Waals surface area contributed by atoms with E-state index in [9.17, 15) is 9.59 Å². The van der Waals surface area contributed by atoms with Crippen LogP contribution >= 0.6 is 0 Å². The molecule has 2 atom stereocenters. The third kappa shape index (κ3) is 5.09. The number of amides is 2. The maximum atomic E-state index is 12.6. The molecule has 0 spiro atoms. The van der Waals surface area contributed by atoms with Crippen LogP contribution in [-0.2, 0) is 24.3 Å². The molecule has 1 aromatic heterocycles. The van der Waals surface area contributed by atoms with Crippen molar-refractivity contribution in [3.8, 4) is 5.75 Å². The van der Waals surface area contributed by atoms with Crippen LogP contribution in [0.15, 0.2) is 30.5 Å². The molecular formula is C24H32N4O3. The summed E-state index contributed by atoms with van der Waals surface area (Å²) >= 11 is 0. The van der Waals surface area contributed by atoms with Crippen LogP contribution in [-0.4, -0.2) is 45.0 Å². The molecule has 3 heterocycles. The Labute approximate surface area is 183 Å². The number of aryl methyl sites for hydroxylation is 2. The van der Waals surface area contributed by atoms with E-state index in [2.05, 4.69) is 28.7 Å². The number of carbonyl (C=O) groups is 2. The van der Waals surface area contributed by atoms with E-state index in [0.29, 0.717) is 17.9 Å². The molecule has 0 bridgehead atoms. The highest BCUT2D eigenvalue weighted by atomic mass is 16.5. The number of hydrogen-bond acceptors (Lipinski definition) is 4. The Kier molecular flexibility index (Phi) is 6.59. The normalized spacial score (nSPS) is 20.8. The number of nitrogens with zero attached hydrogens (tertiary/aromatic N) is 3. The number of imidazole rings is 1. The maximum absolute atomic E-state index is 12.6. The van der Waals surface area contributed by atoms with Crippen molar-refractivity contribution in [1.29, 1.82) is 0 Å². The number of carbonyl (C=O) groups excluding carboxylic acids is 2. The van der Waals surface area contributed by atoms with Crippen LogP contribution in [0.1, 0.15) is 67.8 Å². The molecule has 0 aliphatic carbocycles. The number of rotatable bonds is 6. The van der Waals surface area contributed by atoms with E-state index in [0.717, 1.165) is 37.3 Å². The minimum absolute atomic E-state index is 0.0179. The lowest BCUT2D eigenvalue weighted by molar-refractivity contribution is -0.139. The van der Waals surface area contributed by atoms with Gasteiger partial charge in [0.1, 0.15) is 11.6 Å². The summed E-state index contributed by atoms with van der Waals surface area (Å²) in [6.07, 6.45) is 8.66. The second-order valence-corrected chi connectivity index (χ2v) is 8.72. The third-order valence-corrected chi connectivity index (χ3v) is 6.35. The number of nitrogens with one attached hydrogen (secondary N) is 1. The second-order valence-electron chi connectivity index (χ2n) is 8.72. The Morgan fingerprint density at radius 1 is 1.10 bits per heavy atom. The van der Waals surface area contributed by atoms with E-state index in [1.54, 1.807) is 24.3 Å². The third-order valence-electron chi connectivity index (χ3n) is 6.35. The fourth-order valence-electron chi connectivity index (χ4n) is 4.66. The zero-order valence-electron chi connectivity index (χ0n) is 18.5. The highest BCUT2D eigenvalue weighted by Gasteiger charge is 2.29. The first kappa shape index (κ1) is 21.4. The number of benzene rings is 1. The van der Waals surface area contributed by atoms with Crippen molar-refractivity contribution >= 4 is 11.8 Å². The highest BCUT2D eigenvalue weighted by molar-refractivity contribution is 5.94. The summed E-state index contributed by atoms with van der Waals surface area (Å²) in [5.74, 6) is 1.57. The van der Waals surface area contributed by atoms with Gasteiger partial charge in [0.15, 0.2) is 6.61 Å². The topological polar surface area (TPSA) is 76.5 Å². The summed E-state index contributed by atoms with van der Waals surface area (Å²) in [5, 5.41) is 2.93. The average Bonchev–Trinajstić information content (AvgIpc) is 3.19. The maximum Gasteiger partial charge on any atom is 0.260 e. The molecular weight excluding hydrogens is 392 g/mol. The molecule has 2 aromatic rings. The van der Waals surface area contributed by atoms with Gasteiger partial charge < -0.3 is 19.5 Å². The number of hydrogen-bond donors (Lipinski definition) is 1. The van der Waals surface area contributed by atoms with Crippen molar-refractivity contribution < 1.29 is 14.3 Å². The zero-order chi connectivity index (χ0) is 21.8. The monoisotopic (exact) mass is 424 g/mol. The van der Waals surface area contributed by atoms with Gasteiger partial charge in [-0.25, -0.2) is 4.98 Å². The van der Waals surface area contributed by atoms with Gasteiger partial charge in [-0.15, -0.1) is 0 Å². The van der Waals surface area contributed by atoms with Crippen LogP contribution < -0.4 is 10.1 Å². The molecule has 1 N–H and O–H groups in total. The first-order chi connectivity index (χ1) is 15.0. The minimum atomic E-state index is -0.149. The molecule has 2 aliphatic heterocycles. The van der Waals surface area contributed by atoms with E-state index in [1.807, 2.05) is 11.1 Å². The van der Waals surface area contributed by atoms with Crippen LogP contribution in [0.2, 0.25) is 0 Å². The van der Waals surface area contributed by atoms with Crippen molar-refractivity contribution in [2.45, 2.75) is 77.5 Å². The Balaban J connectivity index is 1.27. The van der Waals surface area contributed by atoms with Crippen molar-refractivity contribution in [3.63, 3.8) is 0 Å². The number of likely N-dealkylation sites (tertiary alicyclic amines) is 1. The van der Waals surface area contributed by atoms with Gasteiger partial charge in [-0.3, -0.25) is 9.59 Å². The highest BCUT2D eigenvalue weighted by Crippen LogP contribution is 2.23. The second kappa shape index (κ2) is 9.54. The van der Waals surface area contributed by atoms with Gasteiger partial charge in [0.2, 0.25) is 0 Å². The Bertz CT molecular complexity index is 888. The van der Waals surface area contributed by atoms with E-state index >= 15 is 0 Å². The van der Waals surface area contributed by atoms with Crippen LogP contribution in [0.3, 0.4) is 0 Å². The first-order valence-electron chi connectivity index (χ1n) is 11.4. The van der Waals surface area contributed by atoms with Gasteiger partial charge in [0.25, 0.3) is 11.8 Å². The van der Waals surface area contributed by atoms with E-state index in [4.69, 9.17) is 4.74 Å². The molecule has 2 amide bonds. The predicted molar refractivity (Wildman–Crippen MR) is 118 cm³/mol. The molecule has 0 saturated carbocycles. The molecule has 7 heteroatoms. The predicted octanol–water partition coefficient (Wildman–Crippen LogP) is 3.32. The molecule has 1 aromatic carbocycles. The Hall–Kier alpha value is -2.83. The van der Waals surface area contributed by atoms with E-state index in [1.165, 1.54) is 19.3 Å². The SMILES string of the molecule is CC1CCCC(C)N1C(=O)COc1ccc(C(=O)NCc2cn3c(n2)CCCC3)cc1. The molecule has 31 heavy (non-hydrogen) atoms. The smallest absolute Gasteiger partial charge is 0.260 e. The number of piperidine rings is 1. The zero-order valence-corrected chi connectivity index (χ0v) is 18.5. The molecule has 2 aliphatic rings. The van der Waals surface area contributed by atoms with Crippen molar-refractivity contribution in [2.24, 2.45) is 0 Å². The van der Waals surface area contributed by atoms with Crippen LogP contribution in [0.4, 0.5) is 0 Å². The summed E-state index contributed by atoms with van der Waals surface area (Å²) in [4.78, 5) is 31.6.